The van der Waals surface area contributed by atoms with Gasteiger partial charge < -0.3 is 10.1 Å². The molecule has 0 saturated carbocycles. The molecule has 0 radical (unpaired) electrons. The van der Waals surface area contributed by atoms with E-state index in [0.717, 1.165) is 35.7 Å². The van der Waals surface area contributed by atoms with Gasteiger partial charge in [0, 0.05) is 42.0 Å². The van der Waals surface area contributed by atoms with Gasteiger partial charge in [0.2, 0.25) is 10.0 Å². The number of fused-ring (bicyclic) bond motifs is 1. The smallest absolute Gasteiger partial charge is 0.331 e. The van der Waals surface area contributed by atoms with Crippen LogP contribution in [0.15, 0.2) is 71.8 Å². The molecule has 1 N–H and O–H groups in total. The number of hydrogen-bond donors (Lipinski definition) is 1. The normalized spacial score (nSPS) is 14.8. The molecule has 1 saturated heterocycles. The van der Waals surface area contributed by atoms with Crippen molar-refractivity contribution in [3.05, 3.63) is 72.4 Å². The lowest BCUT2D eigenvalue weighted by molar-refractivity contribution is -0.142. The number of pyridine rings is 1. The van der Waals surface area contributed by atoms with Gasteiger partial charge in [0.15, 0.2) is 6.61 Å². The Morgan fingerprint density at radius 1 is 1.03 bits per heavy atom. The van der Waals surface area contributed by atoms with E-state index in [1.54, 1.807) is 24.4 Å². The van der Waals surface area contributed by atoms with E-state index in [4.69, 9.17) is 4.74 Å². The summed E-state index contributed by atoms with van der Waals surface area (Å²) in [6.45, 7) is 0.495. The highest BCUT2D eigenvalue weighted by Gasteiger charge is 2.26. The highest BCUT2D eigenvalue weighted by molar-refractivity contribution is 7.89. The molecule has 1 fully saturated rings. The number of aromatic nitrogens is 1. The van der Waals surface area contributed by atoms with Crippen LogP contribution in [-0.4, -0.2) is 49.3 Å². The van der Waals surface area contributed by atoms with E-state index in [1.807, 2.05) is 30.3 Å². The van der Waals surface area contributed by atoms with E-state index in [-0.39, 0.29) is 4.90 Å². The molecule has 4 rings (SSSR count). The molecule has 1 amide bonds. The fraction of sp³-hybridized carbons (Fsp3) is 0.240. The summed E-state index contributed by atoms with van der Waals surface area (Å²) in [5.41, 5.74) is 1.83. The number of esters is 1. The second kappa shape index (κ2) is 10.6. The van der Waals surface area contributed by atoms with Crippen LogP contribution in [-0.2, 0) is 24.3 Å². The van der Waals surface area contributed by atoms with Gasteiger partial charge in [-0.2, -0.15) is 4.31 Å². The molecule has 8 nitrogen and oxygen atoms in total. The monoisotopic (exact) mass is 479 g/mol. The maximum atomic E-state index is 12.8. The first kappa shape index (κ1) is 23.6. The third-order valence-electron chi connectivity index (χ3n) is 5.48. The molecule has 2 heterocycles. The van der Waals surface area contributed by atoms with Crippen molar-refractivity contribution in [3.63, 3.8) is 0 Å². The summed E-state index contributed by atoms with van der Waals surface area (Å²) >= 11 is 0. The molecule has 3 aromatic rings. The third kappa shape index (κ3) is 5.67. The highest BCUT2D eigenvalue weighted by Crippen LogP contribution is 2.23. The maximum Gasteiger partial charge on any atom is 0.331 e. The third-order valence-corrected chi connectivity index (χ3v) is 7.37. The first-order valence-electron chi connectivity index (χ1n) is 11.0. The average Bonchev–Trinajstić information content (AvgIpc) is 2.87. The number of carbonyl (C=O) groups excluding carboxylic acids is 2. The molecule has 0 bridgehead atoms. The predicted octanol–water partition coefficient (Wildman–Crippen LogP) is 3.60. The number of para-hydroxylation sites is 1. The standard InChI is InChI=1S/C25H25N3O5S/c29-23(18-33-24(30)13-12-20-8-4-7-19-9-6-14-26-25(19)20)27-21-10-5-11-22(17-21)34(31,32)28-15-2-1-3-16-28/h4-14,17H,1-3,15-16,18H2,(H,27,29)/b13-12+. The van der Waals surface area contributed by atoms with Crippen LogP contribution in [0.5, 0.6) is 0 Å². The van der Waals surface area contributed by atoms with Crippen LogP contribution in [0.2, 0.25) is 0 Å². The Bertz CT molecular complexity index is 1330. The van der Waals surface area contributed by atoms with Gasteiger partial charge in [-0.3, -0.25) is 9.78 Å². The zero-order valence-corrected chi connectivity index (χ0v) is 19.3. The minimum atomic E-state index is -3.61. The van der Waals surface area contributed by atoms with Gasteiger partial charge in [-0.15, -0.1) is 0 Å². The van der Waals surface area contributed by atoms with E-state index >= 15 is 0 Å². The van der Waals surface area contributed by atoms with Gasteiger partial charge in [-0.25, -0.2) is 13.2 Å². The molecule has 1 aliphatic heterocycles. The number of hydrogen-bond acceptors (Lipinski definition) is 6. The molecule has 9 heteroatoms. The Balaban J connectivity index is 1.34. The van der Waals surface area contributed by atoms with Crippen molar-refractivity contribution in [2.24, 2.45) is 0 Å². The fourth-order valence-electron chi connectivity index (χ4n) is 3.79. The molecule has 1 aliphatic rings. The second-order valence-corrected chi connectivity index (χ2v) is 9.84. The first-order chi connectivity index (χ1) is 16.4. The summed E-state index contributed by atoms with van der Waals surface area (Å²) in [5.74, 6) is -1.24. The fourth-order valence-corrected chi connectivity index (χ4v) is 5.35. The summed E-state index contributed by atoms with van der Waals surface area (Å²) in [6, 6.07) is 15.5. The number of anilines is 1. The largest absolute Gasteiger partial charge is 0.452 e. The Morgan fingerprint density at radius 3 is 2.62 bits per heavy atom. The zero-order valence-electron chi connectivity index (χ0n) is 18.5. The van der Waals surface area contributed by atoms with Crippen molar-refractivity contribution in [1.29, 1.82) is 0 Å². The predicted molar refractivity (Wildman–Crippen MR) is 129 cm³/mol. The topological polar surface area (TPSA) is 106 Å². The van der Waals surface area contributed by atoms with Crippen molar-refractivity contribution in [1.82, 2.24) is 9.29 Å². The van der Waals surface area contributed by atoms with Crippen LogP contribution in [0.4, 0.5) is 5.69 Å². The lowest BCUT2D eigenvalue weighted by Gasteiger charge is -2.26. The number of rotatable bonds is 7. The number of ether oxygens (including phenoxy) is 1. The van der Waals surface area contributed by atoms with Crippen LogP contribution in [0.1, 0.15) is 24.8 Å². The number of benzene rings is 2. The minimum Gasteiger partial charge on any atom is -0.452 e. The maximum absolute atomic E-state index is 12.8. The van der Waals surface area contributed by atoms with E-state index in [1.165, 1.54) is 22.5 Å². The lowest BCUT2D eigenvalue weighted by Crippen LogP contribution is -2.35. The number of nitrogens with zero attached hydrogens (tertiary/aromatic N) is 2. The summed E-state index contributed by atoms with van der Waals surface area (Å²) in [4.78, 5) is 28.8. The minimum absolute atomic E-state index is 0.121. The van der Waals surface area contributed by atoms with Crippen molar-refractivity contribution in [2.45, 2.75) is 24.2 Å². The number of sulfonamides is 1. The molecule has 0 atom stereocenters. The highest BCUT2D eigenvalue weighted by atomic mass is 32.2. The van der Waals surface area contributed by atoms with Gasteiger partial charge in [0.05, 0.1) is 10.4 Å². The number of amides is 1. The van der Waals surface area contributed by atoms with E-state index in [9.17, 15) is 18.0 Å². The Labute approximate surface area is 198 Å². The van der Waals surface area contributed by atoms with Crippen molar-refractivity contribution < 1.29 is 22.7 Å². The Hall–Kier alpha value is -3.56. The number of piperidine rings is 1. The lowest BCUT2D eigenvalue weighted by atomic mass is 10.1. The Morgan fingerprint density at radius 2 is 1.79 bits per heavy atom. The van der Waals surface area contributed by atoms with Crippen molar-refractivity contribution >= 4 is 44.6 Å². The zero-order chi connectivity index (χ0) is 24.0. The quantitative estimate of drug-likeness (QED) is 0.410. The SMILES string of the molecule is O=C(COC(=O)/C=C/c1cccc2cccnc12)Nc1cccc(S(=O)(=O)N2CCCCC2)c1. The molecule has 176 valence electrons. The molecule has 2 aromatic carbocycles. The van der Waals surface area contributed by atoms with Gasteiger partial charge in [-0.1, -0.05) is 36.8 Å². The van der Waals surface area contributed by atoms with Gasteiger partial charge >= 0.3 is 5.97 Å². The van der Waals surface area contributed by atoms with Crippen LogP contribution in [0.3, 0.4) is 0 Å². The van der Waals surface area contributed by atoms with Crippen molar-refractivity contribution in [2.75, 3.05) is 25.0 Å². The molecule has 34 heavy (non-hydrogen) atoms. The summed E-state index contributed by atoms with van der Waals surface area (Å²) < 4.78 is 32.2. The van der Waals surface area contributed by atoms with E-state index < -0.39 is 28.5 Å². The van der Waals surface area contributed by atoms with Gasteiger partial charge in [0.25, 0.3) is 5.91 Å². The second-order valence-electron chi connectivity index (χ2n) is 7.90. The molecule has 0 aliphatic carbocycles. The molecular formula is C25H25N3O5S. The van der Waals surface area contributed by atoms with E-state index in [2.05, 4.69) is 10.3 Å². The van der Waals surface area contributed by atoms with Crippen LogP contribution in [0, 0.1) is 0 Å². The number of nitrogens with one attached hydrogen (secondary N) is 1. The van der Waals surface area contributed by atoms with Gasteiger partial charge in [-0.05, 0) is 43.2 Å². The van der Waals surface area contributed by atoms with E-state index in [0.29, 0.717) is 18.8 Å². The van der Waals surface area contributed by atoms with Crippen LogP contribution >= 0.6 is 0 Å². The number of carbonyl (C=O) groups is 2. The van der Waals surface area contributed by atoms with Crippen LogP contribution < -0.4 is 5.32 Å². The summed E-state index contributed by atoms with van der Waals surface area (Å²) in [7, 11) is -3.61. The summed E-state index contributed by atoms with van der Waals surface area (Å²) in [6.07, 6.45) is 7.20. The molecule has 0 unspecified atom stereocenters. The molecule has 1 aromatic heterocycles. The molecular weight excluding hydrogens is 454 g/mol. The summed E-state index contributed by atoms with van der Waals surface area (Å²) in [5, 5.41) is 3.52. The van der Waals surface area contributed by atoms with Crippen molar-refractivity contribution in [3.8, 4) is 0 Å². The van der Waals surface area contributed by atoms with Gasteiger partial charge in [0.1, 0.15) is 0 Å². The first-order valence-corrected chi connectivity index (χ1v) is 12.5. The van der Waals surface area contributed by atoms with Crippen LogP contribution in [0.25, 0.3) is 17.0 Å². The molecule has 0 spiro atoms. The average molecular weight is 480 g/mol. The Kier molecular flexibility index (Phi) is 7.34.